The Morgan fingerprint density at radius 2 is 1.79 bits per heavy atom. The molecule has 0 spiro atoms. The molecule has 2 aromatic rings. The number of pyridine rings is 1. The monoisotopic (exact) mass is 429 g/mol. The van der Waals surface area contributed by atoms with Crippen LogP contribution in [0.15, 0.2) is 42.6 Å². The van der Waals surface area contributed by atoms with Crippen molar-refractivity contribution in [2.45, 2.75) is 12.6 Å². The SMILES string of the molecule is O=C(Cc1ccccc1)NCC(=O)OCC(=O)Nc1ncc(C(F)(F)F)cc1Cl. The molecule has 2 amide bonds. The summed E-state index contributed by atoms with van der Waals surface area (Å²) in [6.07, 6.45) is -4.04. The fourth-order valence-corrected chi connectivity index (χ4v) is 2.28. The van der Waals surface area contributed by atoms with E-state index in [2.05, 4.69) is 20.4 Å². The highest BCUT2D eigenvalue weighted by Gasteiger charge is 2.31. The Morgan fingerprint density at radius 1 is 1.10 bits per heavy atom. The van der Waals surface area contributed by atoms with Gasteiger partial charge in [-0.3, -0.25) is 14.4 Å². The molecule has 154 valence electrons. The molecule has 0 unspecified atom stereocenters. The van der Waals surface area contributed by atoms with Gasteiger partial charge in [-0.1, -0.05) is 41.9 Å². The van der Waals surface area contributed by atoms with Crippen LogP contribution in [0.3, 0.4) is 0 Å². The quantitative estimate of drug-likeness (QED) is 0.659. The summed E-state index contributed by atoms with van der Waals surface area (Å²) in [6, 6.07) is 9.46. The predicted octanol–water partition coefficient (Wildman–Crippen LogP) is 2.59. The smallest absolute Gasteiger partial charge is 0.417 e. The fraction of sp³-hybridized carbons (Fsp3) is 0.222. The van der Waals surface area contributed by atoms with Crippen molar-refractivity contribution >= 4 is 35.2 Å². The zero-order valence-corrected chi connectivity index (χ0v) is 15.5. The third kappa shape index (κ3) is 7.41. The van der Waals surface area contributed by atoms with Crippen LogP contribution in [-0.2, 0) is 31.7 Å². The van der Waals surface area contributed by atoms with Gasteiger partial charge in [0, 0.05) is 6.20 Å². The van der Waals surface area contributed by atoms with E-state index < -0.39 is 47.7 Å². The summed E-state index contributed by atoms with van der Waals surface area (Å²) >= 11 is 5.66. The average molecular weight is 430 g/mol. The number of halogens is 4. The number of carbonyl (C=O) groups is 3. The summed E-state index contributed by atoms with van der Waals surface area (Å²) in [4.78, 5) is 38.5. The van der Waals surface area contributed by atoms with Gasteiger partial charge in [0.15, 0.2) is 12.4 Å². The van der Waals surface area contributed by atoms with Crippen LogP contribution in [0.4, 0.5) is 19.0 Å². The van der Waals surface area contributed by atoms with Crippen molar-refractivity contribution in [1.82, 2.24) is 10.3 Å². The number of nitrogens with zero attached hydrogens (tertiary/aromatic N) is 1. The normalized spacial score (nSPS) is 10.9. The second kappa shape index (κ2) is 9.87. The van der Waals surface area contributed by atoms with Gasteiger partial charge in [-0.2, -0.15) is 13.2 Å². The molecule has 29 heavy (non-hydrogen) atoms. The molecule has 0 aliphatic carbocycles. The first-order valence-electron chi connectivity index (χ1n) is 8.14. The number of carbonyl (C=O) groups excluding carboxylic acids is 3. The summed E-state index contributed by atoms with van der Waals surface area (Å²) < 4.78 is 42.3. The highest BCUT2D eigenvalue weighted by Crippen LogP contribution is 2.32. The molecule has 1 aromatic carbocycles. The number of rotatable bonds is 7. The highest BCUT2D eigenvalue weighted by atomic mass is 35.5. The van der Waals surface area contributed by atoms with Gasteiger partial charge >= 0.3 is 12.1 Å². The van der Waals surface area contributed by atoms with Crippen molar-refractivity contribution in [1.29, 1.82) is 0 Å². The van der Waals surface area contributed by atoms with Gasteiger partial charge in [0.2, 0.25) is 5.91 Å². The average Bonchev–Trinajstić information content (AvgIpc) is 2.66. The number of amides is 2. The van der Waals surface area contributed by atoms with E-state index in [0.29, 0.717) is 12.3 Å². The second-order valence-electron chi connectivity index (χ2n) is 5.70. The van der Waals surface area contributed by atoms with Crippen LogP contribution in [-0.4, -0.2) is 35.9 Å². The van der Waals surface area contributed by atoms with Gasteiger partial charge in [-0.05, 0) is 11.6 Å². The molecule has 0 bridgehead atoms. The van der Waals surface area contributed by atoms with E-state index >= 15 is 0 Å². The summed E-state index contributed by atoms with van der Waals surface area (Å²) in [6.45, 7) is -1.18. The number of ether oxygens (including phenoxy) is 1. The van der Waals surface area contributed by atoms with Crippen molar-refractivity contribution in [3.05, 3.63) is 58.7 Å². The Hall–Kier alpha value is -3.14. The van der Waals surface area contributed by atoms with Gasteiger partial charge in [-0.15, -0.1) is 0 Å². The zero-order chi connectivity index (χ0) is 21.4. The number of aromatic nitrogens is 1. The Morgan fingerprint density at radius 3 is 2.41 bits per heavy atom. The molecule has 0 radical (unpaired) electrons. The number of hydrogen-bond donors (Lipinski definition) is 2. The molecular formula is C18H15ClF3N3O4. The highest BCUT2D eigenvalue weighted by molar-refractivity contribution is 6.33. The first-order valence-corrected chi connectivity index (χ1v) is 8.52. The minimum atomic E-state index is -4.63. The predicted molar refractivity (Wildman–Crippen MR) is 97.0 cm³/mol. The zero-order valence-electron chi connectivity index (χ0n) is 14.8. The number of esters is 1. The molecule has 7 nitrogen and oxygen atoms in total. The van der Waals surface area contributed by atoms with E-state index in [1.165, 1.54) is 0 Å². The van der Waals surface area contributed by atoms with Crippen molar-refractivity contribution in [2.75, 3.05) is 18.5 Å². The topological polar surface area (TPSA) is 97.4 Å². The molecule has 1 aromatic heterocycles. The van der Waals surface area contributed by atoms with E-state index in [4.69, 9.17) is 11.6 Å². The Bertz CT molecular complexity index is 892. The summed E-state index contributed by atoms with van der Waals surface area (Å²) in [5, 5.41) is 4.05. The molecule has 0 saturated heterocycles. The lowest BCUT2D eigenvalue weighted by Crippen LogP contribution is -2.33. The third-order valence-corrected chi connectivity index (χ3v) is 3.72. The number of hydrogen-bond acceptors (Lipinski definition) is 5. The molecule has 0 saturated carbocycles. The molecule has 1 heterocycles. The minimum Gasteiger partial charge on any atom is -0.454 e. The van der Waals surface area contributed by atoms with Crippen LogP contribution in [0, 0.1) is 0 Å². The number of benzene rings is 1. The van der Waals surface area contributed by atoms with Crippen molar-refractivity contribution in [2.24, 2.45) is 0 Å². The van der Waals surface area contributed by atoms with Crippen molar-refractivity contribution in [3.63, 3.8) is 0 Å². The number of anilines is 1. The van der Waals surface area contributed by atoms with E-state index in [1.807, 2.05) is 0 Å². The third-order valence-electron chi connectivity index (χ3n) is 3.43. The second-order valence-corrected chi connectivity index (χ2v) is 6.11. The van der Waals surface area contributed by atoms with Crippen LogP contribution < -0.4 is 10.6 Å². The molecule has 2 rings (SSSR count). The van der Waals surface area contributed by atoms with E-state index in [0.717, 1.165) is 5.56 Å². The molecule has 0 atom stereocenters. The van der Waals surface area contributed by atoms with Crippen LogP contribution in [0.2, 0.25) is 5.02 Å². The van der Waals surface area contributed by atoms with Crippen molar-refractivity contribution < 1.29 is 32.3 Å². The molecule has 2 N–H and O–H groups in total. The maximum atomic E-state index is 12.5. The fourth-order valence-electron chi connectivity index (χ4n) is 2.06. The molecule has 0 aliphatic heterocycles. The van der Waals surface area contributed by atoms with Gasteiger partial charge in [-0.25, -0.2) is 4.98 Å². The minimum absolute atomic E-state index is 0.0761. The van der Waals surface area contributed by atoms with Crippen LogP contribution in [0.1, 0.15) is 11.1 Å². The van der Waals surface area contributed by atoms with E-state index in [1.54, 1.807) is 30.3 Å². The molecule has 11 heteroatoms. The largest absolute Gasteiger partial charge is 0.454 e. The number of alkyl halides is 3. The van der Waals surface area contributed by atoms with Crippen LogP contribution >= 0.6 is 11.6 Å². The van der Waals surface area contributed by atoms with E-state index in [-0.39, 0.29) is 12.2 Å². The first-order chi connectivity index (χ1) is 13.6. The summed E-state index contributed by atoms with van der Waals surface area (Å²) in [5.41, 5.74) is -0.308. The lowest BCUT2D eigenvalue weighted by molar-refractivity contribution is -0.147. The summed E-state index contributed by atoms with van der Waals surface area (Å²) in [7, 11) is 0. The maximum Gasteiger partial charge on any atom is 0.417 e. The molecule has 0 fully saturated rings. The van der Waals surface area contributed by atoms with Gasteiger partial charge < -0.3 is 15.4 Å². The summed E-state index contributed by atoms with van der Waals surface area (Å²) in [5.74, 6) is -2.44. The van der Waals surface area contributed by atoms with Crippen LogP contribution in [0.25, 0.3) is 0 Å². The Kier molecular flexibility index (Phi) is 7.54. The van der Waals surface area contributed by atoms with Gasteiger partial charge in [0.25, 0.3) is 5.91 Å². The van der Waals surface area contributed by atoms with Crippen LogP contribution in [0.5, 0.6) is 0 Å². The van der Waals surface area contributed by atoms with Gasteiger partial charge in [0.1, 0.15) is 6.54 Å². The van der Waals surface area contributed by atoms with E-state index in [9.17, 15) is 27.6 Å². The van der Waals surface area contributed by atoms with Gasteiger partial charge in [0.05, 0.1) is 17.0 Å². The molecular weight excluding hydrogens is 415 g/mol. The maximum absolute atomic E-state index is 12.5. The lowest BCUT2D eigenvalue weighted by atomic mass is 10.1. The van der Waals surface area contributed by atoms with Crippen molar-refractivity contribution in [3.8, 4) is 0 Å². The first kappa shape index (κ1) is 22.2. The molecule has 0 aliphatic rings. The Balaban J connectivity index is 1.74. The Labute approximate surface area is 168 Å². The number of nitrogens with one attached hydrogen (secondary N) is 2. The lowest BCUT2D eigenvalue weighted by Gasteiger charge is -2.10. The standard InChI is InChI=1S/C18H15ClF3N3O4/c19-13-7-12(18(20,21)22)8-24-17(13)25-15(27)10-29-16(28)9-23-14(26)6-11-4-2-1-3-5-11/h1-5,7-8H,6,9-10H2,(H,23,26)(H,24,25,27).